The summed E-state index contributed by atoms with van der Waals surface area (Å²) < 4.78 is 1.71. The van der Waals surface area contributed by atoms with Crippen molar-refractivity contribution in [2.45, 2.75) is 32.9 Å². The Bertz CT molecular complexity index is 1390. The number of nitrogens with zero attached hydrogens (tertiary/aromatic N) is 7. The van der Waals surface area contributed by atoms with Crippen molar-refractivity contribution < 1.29 is 15.0 Å². The molecule has 0 spiro atoms. The minimum absolute atomic E-state index is 0.115. The molecule has 5 rings (SSSR count). The number of aryl methyl sites for hydroxylation is 2. The standard InChI is InChI=1S/C23H25N7O3/c1-12-9-29(10-13(2)30(12)23(32)33)19-6-5-17-18(25-19)8-24-22(26-17)16-7-15-11-28(4)27-20(15)14(3)21(16)31/h5-8,11-13,31H,9-10H2,1-4H3,(H,32,33)/t12-,13+. The van der Waals surface area contributed by atoms with E-state index in [1.807, 2.05) is 52.2 Å². The maximum Gasteiger partial charge on any atom is 0.407 e. The number of anilines is 1. The van der Waals surface area contributed by atoms with E-state index in [-0.39, 0.29) is 17.8 Å². The van der Waals surface area contributed by atoms with Crippen LogP contribution in [0.3, 0.4) is 0 Å². The van der Waals surface area contributed by atoms with Gasteiger partial charge in [-0.05, 0) is 39.0 Å². The van der Waals surface area contributed by atoms with Crippen LogP contribution in [0.2, 0.25) is 0 Å². The molecule has 1 saturated heterocycles. The van der Waals surface area contributed by atoms with Gasteiger partial charge in [0.15, 0.2) is 5.82 Å². The Kier molecular flexibility index (Phi) is 4.80. The average Bonchev–Trinajstić information content (AvgIpc) is 3.15. The SMILES string of the molecule is Cc1c(O)c(-c2ncc3nc(N4C[C@@H](C)N(C(=O)O)[C@@H](C)C4)ccc3n2)cc2cn(C)nc12. The van der Waals surface area contributed by atoms with E-state index in [9.17, 15) is 15.0 Å². The molecule has 0 radical (unpaired) electrons. The second kappa shape index (κ2) is 7.58. The van der Waals surface area contributed by atoms with Crippen molar-refractivity contribution in [1.82, 2.24) is 29.6 Å². The fourth-order valence-electron chi connectivity index (χ4n) is 4.72. The minimum Gasteiger partial charge on any atom is -0.507 e. The van der Waals surface area contributed by atoms with Crippen LogP contribution < -0.4 is 4.90 Å². The van der Waals surface area contributed by atoms with E-state index < -0.39 is 6.09 Å². The number of carboxylic acid groups (broad SMARTS) is 1. The molecule has 0 saturated carbocycles. The Balaban J connectivity index is 1.49. The molecule has 1 aliphatic rings. The molecular weight excluding hydrogens is 422 g/mol. The maximum absolute atomic E-state index is 11.5. The molecule has 1 aliphatic heterocycles. The molecule has 1 fully saturated rings. The highest BCUT2D eigenvalue weighted by Gasteiger charge is 2.33. The van der Waals surface area contributed by atoms with Gasteiger partial charge >= 0.3 is 6.09 Å². The zero-order valence-corrected chi connectivity index (χ0v) is 18.9. The fourth-order valence-corrected chi connectivity index (χ4v) is 4.72. The summed E-state index contributed by atoms with van der Waals surface area (Å²) in [4.78, 5) is 28.9. The highest BCUT2D eigenvalue weighted by Crippen LogP contribution is 2.35. The smallest absolute Gasteiger partial charge is 0.407 e. The molecule has 4 heterocycles. The summed E-state index contributed by atoms with van der Waals surface area (Å²) >= 11 is 0. The van der Waals surface area contributed by atoms with Crippen molar-refractivity contribution in [1.29, 1.82) is 0 Å². The van der Waals surface area contributed by atoms with Crippen molar-refractivity contribution in [3.63, 3.8) is 0 Å². The summed E-state index contributed by atoms with van der Waals surface area (Å²) in [5.41, 5.74) is 3.28. The number of phenolic OH excluding ortho intramolecular Hbond substituents is 1. The summed E-state index contributed by atoms with van der Waals surface area (Å²) in [5, 5.41) is 25.5. The van der Waals surface area contributed by atoms with Crippen LogP contribution in [0.5, 0.6) is 5.75 Å². The van der Waals surface area contributed by atoms with Crippen LogP contribution in [0.4, 0.5) is 10.6 Å². The zero-order valence-electron chi connectivity index (χ0n) is 18.9. The van der Waals surface area contributed by atoms with Gasteiger partial charge in [0.25, 0.3) is 0 Å². The van der Waals surface area contributed by atoms with Crippen LogP contribution in [0.1, 0.15) is 19.4 Å². The van der Waals surface area contributed by atoms with Gasteiger partial charge in [-0.2, -0.15) is 5.10 Å². The topological polar surface area (TPSA) is 121 Å². The van der Waals surface area contributed by atoms with Gasteiger partial charge in [-0.25, -0.2) is 19.7 Å². The van der Waals surface area contributed by atoms with Gasteiger partial charge in [0.2, 0.25) is 0 Å². The third kappa shape index (κ3) is 3.47. The average molecular weight is 447 g/mol. The lowest BCUT2D eigenvalue weighted by Gasteiger charge is -2.43. The first-order chi connectivity index (χ1) is 15.7. The molecule has 3 aromatic heterocycles. The van der Waals surface area contributed by atoms with Gasteiger partial charge in [-0.1, -0.05) is 0 Å². The highest BCUT2D eigenvalue weighted by molar-refractivity contribution is 5.90. The molecule has 1 amide bonds. The number of piperazine rings is 1. The number of carbonyl (C=O) groups is 1. The third-order valence-electron chi connectivity index (χ3n) is 6.25. The van der Waals surface area contributed by atoms with Crippen molar-refractivity contribution >= 4 is 33.8 Å². The zero-order chi connectivity index (χ0) is 23.4. The molecule has 33 heavy (non-hydrogen) atoms. The van der Waals surface area contributed by atoms with Gasteiger partial charge in [0.05, 0.1) is 34.9 Å². The largest absolute Gasteiger partial charge is 0.507 e. The van der Waals surface area contributed by atoms with E-state index in [1.54, 1.807) is 10.9 Å². The Morgan fingerprint density at radius 2 is 1.85 bits per heavy atom. The number of fused-ring (bicyclic) bond motifs is 2. The Labute approximate surface area is 190 Å². The third-order valence-corrected chi connectivity index (χ3v) is 6.25. The van der Waals surface area contributed by atoms with Crippen LogP contribution in [-0.2, 0) is 7.05 Å². The first kappa shape index (κ1) is 20.9. The summed E-state index contributed by atoms with van der Waals surface area (Å²) in [6.07, 6.45) is 2.65. The van der Waals surface area contributed by atoms with Gasteiger partial charge in [-0.15, -0.1) is 0 Å². The molecular formula is C23H25N7O3. The number of aromatic nitrogens is 5. The van der Waals surface area contributed by atoms with E-state index in [4.69, 9.17) is 4.98 Å². The number of hydrogen-bond donors (Lipinski definition) is 2. The summed E-state index contributed by atoms with van der Waals surface area (Å²) in [7, 11) is 1.84. The van der Waals surface area contributed by atoms with Crippen LogP contribution in [0.25, 0.3) is 33.3 Å². The number of rotatable bonds is 2. The van der Waals surface area contributed by atoms with Gasteiger partial charge in [0.1, 0.15) is 17.1 Å². The molecule has 4 aromatic rings. The van der Waals surface area contributed by atoms with E-state index >= 15 is 0 Å². The quantitative estimate of drug-likeness (QED) is 0.481. The first-order valence-electron chi connectivity index (χ1n) is 10.8. The van der Waals surface area contributed by atoms with Crippen molar-refractivity contribution in [3.05, 3.63) is 36.2 Å². The highest BCUT2D eigenvalue weighted by atomic mass is 16.4. The number of benzene rings is 1. The molecule has 0 unspecified atom stereocenters. The molecule has 10 heteroatoms. The molecule has 2 N–H and O–H groups in total. The molecule has 0 bridgehead atoms. The summed E-state index contributed by atoms with van der Waals surface area (Å²) in [6.45, 7) is 6.76. The first-order valence-corrected chi connectivity index (χ1v) is 10.8. The van der Waals surface area contributed by atoms with Crippen LogP contribution in [0.15, 0.2) is 30.6 Å². The maximum atomic E-state index is 11.5. The molecule has 10 nitrogen and oxygen atoms in total. The second-order valence-electron chi connectivity index (χ2n) is 8.70. The Hall–Kier alpha value is -3.95. The number of hydrogen-bond acceptors (Lipinski definition) is 7. The van der Waals surface area contributed by atoms with Gasteiger partial charge in [-0.3, -0.25) is 9.58 Å². The van der Waals surface area contributed by atoms with Crippen molar-refractivity contribution in [2.75, 3.05) is 18.0 Å². The fraction of sp³-hybridized carbons (Fsp3) is 0.348. The minimum atomic E-state index is -0.898. The lowest BCUT2D eigenvalue weighted by molar-refractivity contribution is 0.0981. The lowest BCUT2D eigenvalue weighted by atomic mass is 10.1. The Morgan fingerprint density at radius 3 is 2.55 bits per heavy atom. The van der Waals surface area contributed by atoms with Crippen molar-refractivity contribution in [3.8, 4) is 17.1 Å². The number of amides is 1. The predicted molar refractivity (Wildman–Crippen MR) is 124 cm³/mol. The normalized spacial score (nSPS) is 18.9. The number of aromatic hydroxyl groups is 1. The van der Waals surface area contributed by atoms with E-state index in [2.05, 4.69) is 20.0 Å². The number of pyridine rings is 1. The second-order valence-corrected chi connectivity index (χ2v) is 8.70. The van der Waals surface area contributed by atoms with Crippen LogP contribution in [-0.4, -0.2) is 71.1 Å². The Morgan fingerprint density at radius 1 is 1.12 bits per heavy atom. The van der Waals surface area contributed by atoms with Crippen molar-refractivity contribution in [2.24, 2.45) is 7.05 Å². The summed E-state index contributed by atoms with van der Waals surface area (Å²) in [6, 6.07) is 5.34. The van der Waals surface area contributed by atoms with E-state index in [0.717, 1.165) is 16.7 Å². The summed E-state index contributed by atoms with van der Waals surface area (Å²) in [5.74, 6) is 1.29. The number of phenols is 1. The van der Waals surface area contributed by atoms with Crippen LogP contribution >= 0.6 is 0 Å². The lowest BCUT2D eigenvalue weighted by Crippen LogP contribution is -2.58. The van der Waals surface area contributed by atoms with Gasteiger partial charge in [0, 0.05) is 37.3 Å². The predicted octanol–water partition coefficient (Wildman–Crippen LogP) is 3.17. The van der Waals surface area contributed by atoms with E-state index in [1.165, 1.54) is 4.90 Å². The van der Waals surface area contributed by atoms with Crippen LogP contribution in [0, 0.1) is 6.92 Å². The van der Waals surface area contributed by atoms with Gasteiger partial charge < -0.3 is 15.1 Å². The monoisotopic (exact) mass is 447 g/mol. The molecule has 2 atom stereocenters. The van der Waals surface area contributed by atoms with E-state index in [0.29, 0.717) is 41.1 Å². The molecule has 1 aromatic carbocycles. The molecule has 0 aliphatic carbocycles. The molecule has 170 valence electrons.